The maximum atomic E-state index is 4.01. The Labute approximate surface area is 56.8 Å². The SMILES string of the molecule is C=C/C=C(/C)C(C)=NC. The molecule has 0 aliphatic carbocycles. The van der Waals surface area contributed by atoms with Crippen molar-refractivity contribution in [1.82, 2.24) is 0 Å². The molecule has 0 saturated heterocycles. The van der Waals surface area contributed by atoms with Crippen LogP contribution in [0.4, 0.5) is 0 Å². The number of allylic oxidation sites excluding steroid dienone is 3. The zero-order chi connectivity index (χ0) is 7.28. The van der Waals surface area contributed by atoms with Crippen LogP contribution < -0.4 is 0 Å². The standard InChI is InChI=1S/C8H13N/c1-5-6-7(2)8(3)9-4/h5-6H,1H2,2-4H3/b7-6-,9-8?. The van der Waals surface area contributed by atoms with E-state index in [1.807, 2.05) is 19.9 Å². The summed E-state index contributed by atoms with van der Waals surface area (Å²) in [6.07, 6.45) is 3.71. The van der Waals surface area contributed by atoms with Gasteiger partial charge in [-0.3, -0.25) is 4.99 Å². The van der Waals surface area contributed by atoms with Crippen LogP contribution in [-0.2, 0) is 0 Å². The molecule has 0 radical (unpaired) electrons. The molecule has 0 N–H and O–H groups in total. The van der Waals surface area contributed by atoms with Crippen LogP contribution in [0, 0.1) is 0 Å². The third-order valence-electron chi connectivity index (χ3n) is 1.27. The number of aliphatic imine (C=N–C) groups is 1. The zero-order valence-corrected chi connectivity index (χ0v) is 6.31. The molecule has 0 spiro atoms. The summed E-state index contributed by atoms with van der Waals surface area (Å²) in [7, 11) is 1.79. The van der Waals surface area contributed by atoms with E-state index in [1.54, 1.807) is 13.1 Å². The first-order valence-corrected chi connectivity index (χ1v) is 2.95. The van der Waals surface area contributed by atoms with Gasteiger partial charge in [-0.05, 0) is 19.4 Å². The largest absolute Gasteiger partial charge is 0.293 e. The van der Waals surface area contributed by atoms with E-state index in [-0.39, 0.29) is 0 Å². The lowest BCUT2D eigenvalue weighted by atomic mass is 10.2. The van der Waals surface area contributed by atoms with Crippen LogP contribution >= 0.6 is 0 Å². The van der Waals surface area contributed by atoms with Crippen molar-refractivity contribution in [2.24, 2.45) is 4.99 Å². The van der Waals surface area contributed by atoms with Gasteiger partial charge in [0, 0.05) is 12.8 Å². The van der Waals surface area contributed by atoms with Gasteiger partial charge in [0.05, 0.1) is 0 Å². The fraction of sp³-hybridized carbons (Fsp3) is 0.375. The number of rotatable bonds is 2. The molecule has 0 heterocycles. The second kappa shape index (κ2) is 4.07. The maximum Gasteiger partial charge on any atom is 0.0343 e. The van der Waals surface area contributed by atoms with Crippen LogP contribution in [0.3, 0.4) is 0 Å². The minimum Gasteiger partial charge on any atom is -0.293 e. The minimum atomic E-state index is 1.06. The van der Waals surface area contributed by atoms with Crippen LogP contribution in [0.5, 0.6) is 0 Å². The van der Waals surface area contributed by atoms with Crippen LogP contribution in [0.2, 0.25) is 0 Å². The van der Waals surface area contributed by atoms with Crippen LogP contribution in [-0.4, -0.2) is 12.8 Å². The molecule has 1 nitrogen and oxygen atoms in total. The summed E-state index contributed by atoms with van der Waals surface area (Å²) in [5.41, 5.74) is 2.24. The fourth-order valence-corrected chi connectivity index (χ4v) is 0.474. The normalized spacial score (nSPS) is 13.7. The zero-order valence-electron chi connectivity index (χ0n) is 6.31. The quantitative estimate of drug-likeness (QED) is 0.394. The first-order valence-electron chi connectivity index (χ1n) is 2.95. The summed E-state index contributed by atoms with van der Waals surface area (Å²) in [5.74, 6) is 0. The molecule has 0 aromatic heterocycles. The fourth-order valence-electron chi connectivity index (χ4n) is 0.474. The molecule has 0 bridgehead atoms. The Hall–Kier alpha value is -0.850. The van der Waals surface area contributed by atoms with Gasteiger partial charge in [-0.1, -0.05) is 18.7 Å². The molecule has 0 saturated carbocycles. The summed E-state index contributed by atoms with van der Waals surface area (Å²) in [5, 5.41) is 0. The van der Waals surface area contributed by atoms with E-state index in [2.05, 4.69) is 11.6 Å². The smallest absolute Gasteiger partial charge is 0.0343 e. The van der Waals surface area contributed by atoms with Crippen molar-refractivity contribution in [1.29, 1.82) is 0 Å². The van der Waals surface area contributed by atoms with Gasteiger partial charge in [0.25, 0.3) is 0 Å². The average molecular weight is 123 g/mol. The van der Waals surface area contributed by atoms with Gasteiger partial charge < -0.3 is 0 Å². The van der Waals surface area contributed by atoms with Crippen LogP contribution in [0.1, 0.15) is 13.8 Å². The third kappa shape index (κ3) is 2.85. The predicted molar refractivity (Wildman–Crippen MR) is 43.0 cm³/mol. The van der Waals surface area contributed by atoms with Gasteiger partial charge >= 0.3 is 0 Å². The molecule has 0 fully saturated rings. The van der Waals surface area contributed by atoms with E-state index in [4.69, 9.17) is 0 Å². The van der Waals surface area contributed by atoms with Gasteiger partial charge in [0.2, 0.25) is 0 Å². The minimum absolute atomic E-state index is 1.06. The topological polar surface area (TPSA) is 12.4 Å². The van der Waals surface area contributed by atoms with Crippen molar-refractivity contribution in [2.75, 3.05) is 7.05 Å². The number of hydrogen-bond acceptors (Lipinski definition) is 1. The Kier molecular flexibility index (Phi) is 3.69. The van der Waals surface area contributed by atoms with E-state index in [0.717, 1.165) is 5.71 Å². The van der Waals surface area contributed by atoms with E-state index in [9.17, 15) is 0 Å². The van der Waals surface area contributed by atoms with Crippen molar-refractivity contribution >= 4 is 5.71 Å². The molecule has 0 rings (SSSR count). The van der Waals surface area contributed by atoms with Crippen molar-refractivity contribution in [3.63, 3.8) is 0 Å². The summed E-state index contributed by atoms with van der Waals surface area (Å²) < 4.78 is 0. The number of nitrogens with zero attached hydrogens (tertiary/aromatic N) is 1. The molecule has 0 atom stereocenters. The monoisotopic (exact) mass is 123 g/mol. The van der Waals surface area contributed by atoms with Crippen molar-refractivity contribution in [3.8, 4) is 0 Å². The molecule has 50 valence electrons. The van der Waals surface area contributed by atoms with E-state index < -0.39 is 0 Å². The highest BCUT2D eigenvalue weighted by Gasteiger charge is 1.87. The molecule has 0 amide bonds. The highest BCUT2D eigenvalue weighted by atomic mass is 14.7. The third-order valence-corrected chi connectivity index (χ3v) is 1.27. The first kappa shape index (κ1) is 8.15. The Balaban J connectivity index is 4.19. The molecular formula is C8H13N. The van der Waals surface area contributed by atoms with Gasteiger partial charge in [-0.2, -0.15) is 0 Å². The van der Waals surface area contributed by atoms with E-state index >= 15 is 0 Å². The van der Waals surface area contributed by atoms with Gasteiger partial charge in [0.15, 0.2) is 0 Å². The van der Waals surface area contributed by atoms with Crippen molar-refractivity contribution in [2.45, 2.75) is 13.8 Å². The van der Waals surface area contributed by atoms with Crippen LogP contribution in [0.25, 0.3) is 0 Å². The lowest BCUT2D eigenvalue weighted by molar-refractivity contribution is 1.39. The van der Waals surface area contributed by atoms with Gasteiger partial charge in [0.1, 0.15) is 0 Å². The van der Waals surface area contributed by atoms with Crippen molar-refractivity contribution < 1.29 is 0 Å². The van der Waals surface area contributed by atoms with Crippen molar-refractivity contribution in [3.05, 3.63) is 24.3 Å². The van der Waals surface area contributed by atoms with E-state index in [1.165, 1.54) is 5.57 Å². The molecule has 0 unspecified atom stereocenters. The van der Waals surface area contributed by atoms with E-state index in [0.29, 0.717) is 0 Å². The Morgan fingerprint density at radius 3 is 2.33 bits per heavy atom. The first-order chi connectivity index (χ1) is 4.22. The highest BCUT2D eigenvalue weighted by molar-refractivity contribution is 5.97. The van der Waals surface area contributed by atoms with Crippen LogP contribution in [0.15, 0.2) is 29.3 Å². The second-order valence-electron chi connectivity index (χ2n) is 1.89. The van der Waals surface area contributed by atoms with Gasteiger partial charge in [-0.15, -0.1) is 0 Å². The highest BCUT2D eigenvalue weighted by Crippen LogP contribution is 1.95. The summed E-state index contributed by atoms with van der Waals surface area (Å²) >= 11 is 0. The molecular weight excluding hydrogens is 110 g/mol. The molecule has 1 heteroatoms. The Morgan fingerprint density at radius 2 is 2.00 bits per heavy atom. The molecule has 9 heavy (non-hydrogen) atoms. The summed E-state index contributed by atoms with van der Waals surface area (Å²) in [4.78, 5) is 4.01. The Bertz CT molecular complexity index is 152. The lowest BCUT2D eigenvalue weighted by Gasteiger charge is -1.94. The predicted octanol–water partition coefficient (Wildman–Crippen LogP) is 2.21. The molecule has 0 aromatic rings. The maximum absolute atomic E-state index is 4.01. The summed E-state index contributed by atoms with van der Waals surface area (Å²) in [6.45, 7) is 7.59. The van der Waals surface area contributed by atoms with Gasteiger partial charge in [-0.25, -0.2) is 0 Å². The molecule has 0 aliphatic heterocycles. The Morgan fingerprint density at radius 1 is 1.44 bits per heavy atom. The number of hydrogen-bond donors (Lipinski definition) is 0. The second-order valence-corrected chi connectivity index (χ2v) is 1.89. The molecule has 0 aliphatic rings. The molecule has 0 aromatic carbocycles. The lowest BCUT2D eigenvalue weighted by Crippen LogP contribution is -1.90. The average Bonchev–Trinajstić information content (AvgIpc) is 1.87. The summed E-state index contributed by atoms with van der Waals surface area (Å²) in [6, 6.07) is 0.